The zero-order chi connectivity index (χ0) is 15.8. The Labute approximate surface area is 126 Å². The van der Waals surface area contributed by atoms with Gasteiger partial charge in [0.2, 0.25) is 6.79 Å². The molecule has 0 aromatic carbocycles. The third kappa shape index (κ3) is 2.67. The van der Waals surface area contributed by atoms with Crippen LogP contribution in [0.2, 0.25) is 0 Å². The molecule has 0 saturated carbocycles. The first-order valence-electron chi connectivity index (χ1n) is 6.23. The van der Waals surface area contributed by atoms with Crippen molar-refractivity contribution in [2.45, 2.75) is 36.1 Å². The average Bonchev–Trinajstić information content (AvgIpc) is 2.67. The van der Waals surface area contributed by atoms with Gasteiger partial charge in [0, 0.05) is 11.9 Å². The standard InChI is InChI=1S/C12H17NO7S/c1-12(2)7(10(15)19-5-20-11(16)18-4)13-8(14)6(17-3)9(13)21-12/h6-7,9H,5H2,1-4H3/t6-,7+,9-/m1/s1. The smallest absolute Gasteiger partial charge is 0.438 e. The van der Waals surface area contributed by atoms with Crippen LogP contribution >= 0.6 is 11.8 Å². The molecular formula is C12H17NO7S. The number of methoxy groups -OCH3 is 2. The van der Waals surface area contributed by atoms with E-state index in [0.717, 1.165) is 7.11 Å². The molecular weight excluding hydrogens is 302 g/mol. The number of fused-ring (bicyclic) bond motifs is 1. The van der Waals surface area contributed by atoms with Gasteiger partial charge < -0.3 is 23.8 Å². The Hall–Kier alpha value is -1.48. The molecule has 3 atom stereocenters. The quantitative estimate of drug-likeness (QED) is 0.416. The second-order valence-electron chi connectivity index (χ2n) is 5.10. The van der Waals surface area contributed by atoms with E-state index in [2.05, 4.69) is 9.47 Å². The van der Waals surface area contributed by atoms with Gasteiger partial charge in [-0.15, -0.1) is 11.8 Å². The van der Waals surface area contributed by atoms with Gasteiger partial charge in [-0.05, 0) is 13.8 Å². The predicted octanol–water partition coefficient (Wildman–Crippen LogP) is 0.347. The number of carbonyl (C=O) groups excluding carboxylic acids is 3. The Bertz CT molecular complexity index is 467. The van der Waals surface area contributed by atoms with Crippen LogP contribution in [-0.2, 0) is 28.5 Å². The van der Waals surface area contributed by atoms with Gasteiger partial charge in [-0.25, -0.2) is 9.59 Å². The number of hydrogen-bond acceptors (Lipinski definition) is 8. The molecule has 0 spiro atoms. The van der Waals surface area contributed by atoms with Gasteiger partial charge in [-0.3, -0.25) is 4.79 Å². The molecule has 21 heavy (non-hydrogen) atoms. The third-order valence-corrected chi connectivity index (χ3v) is 4.96. The zero-order valence-corrected chi connectivity index (χ0v) is 13.0. The van der Waals surface area contributed by atoms with Crippen LogP contribution in [-0.4, -0.2) is 66.2 Å². The van der Waals surface area contributed by atoms with Crippen LogP contribution in [0.4, 0.5) is 4.79 Å². The van der Waals surface area contributed by atoms with Crippen molar-refractivity contribution in [3.63, 3.8) is 0 Å². The summed E-state index contributed by atoms with van der Waals surface area (Å²) < 4.78 is 18.2. The number of carbonyl (C=O) groups is 3. The fourth-order valence-electron chi connectivity index (χ4n) is 2.45. The number of hydrogen-bond donors (Lipinski definition) is 0. The number of esters is 1. The van der Waals surface area contributed by atoms with Gasteiger partial charge in [-0.2, -0.15) is 0 Å². The van der Waals surface area contributed by atoms with Crippen LogP contribution < -0.4 is 0 Å². The van der Waals surface area contributed by atoms with Crippen molar-refractivity contribution in [2.75, 3.05) is 21.0 Å². The lowest BCUT2D eigenvalue weighted by Crippen LogP contribution is -2.66. The molecule has 0 aliphatic carbocycles. The van der Waals surface area contributed by atoms with E-state index in [-0.39, 0.29) is 11.3 Å². The first kappa shape index (κ1) is 15.9. The lowest BCUT2D eigenvalue weighted by molar-refractivity contribution is -0.178. The summed E-state index contributed by atoms with van der Waals surface area (Å²) in [6.45, 7) is 3.15. The molecule has 0 aromatic heterocycles. The Balaban J connectivity index is 1.99. The first-order chi connectivity index (χ1) is 9.83. The number of amides is 1. The highest BCUT2D eigenvalue weighted by molar-refractivity contribution is 8.01. The summed E-state index contributed by atoms with van der Waals surface area (Å²) in [5.74, 6) is -0.863. The molecule has 9 heteroatoms. The molecule has 0 bridgehead atoms. The Kier molecular flexibility index (Phi) is 4.33. The summed E-state index contributed by atoms with van der Waals surface area (Å²) in [5, 5.41) is -0.198. The second kappa shape index (κ2) is 5.72. The summed E-state index contributed by atoms with van der Waals surface area (Å²) in [6, 6.07) is -0.743. The highest BCUT2D eigenvalue weighted by Gasteiger charge is 2.64. The first-order valence-corrected chi connectivity index (χ1v) is 7.11. The van der Waals surface area contributed by atoms with Gasteiger partial charge in [-0.1, -0.05) is 0 Å². The molecule has 8 nitrogen and oxygen atoms in total. The highest BCUT2D eigenvalue weighted by Crippen LogP contribution is 2.51. The van der Waals surface area contributed by atoms with Crippen molar-refractivity contribution in [3.05, 3.63) is 0 Å². The van der Waals surface area contributed by atoms with Crippen LogP contribution in [0.3, 0.4) is 0 Å². The topological polar surface area (TPSA) is 91.4 Å². The summed E-state index contributed by atoms with van der Waals surface area (Å²) in [5.41, 5.74) is 0. The SMILES string of the molecule is COC(=O)OCOC(=O)[C@@H]1N2C(=O)[C@@H](OC)[C@H]2SC1(C)C. The fourth-order valence-corrected chi connectivity index (χ4v) is 4.10. The van der Waals surface area contributed by atoms with Crippen molar-refractivity contribution < 1.29 is 33.3 Å². The van der Waals surface area contributed by atoms with E-state index in [1.165, 1.54) is 23.8 Å². The molecule has 2 aliphatic heterocycles. The molecule has 2 fully saturated rings. The number of thioether (sulfide) groups is 1. The van der Waals surface area contributed by atoms with Crippen LogP contribution in [0.15, 0.2) is 0 Å². The lowest BCUT2D eigenvalue weighted by Gasteiger charge is -2.42. The maximum absolute atomic E-state index is 12.2. The highest BCUT2D eigenvalue weighted by atomic mass is 32.2. The van der Waals surface area contributed by atoms with E-state index in [1.807, 2.05) is 13.8 Å². The molecule has 118 valence electrons. The number of rotatable bonds is 4. The number of nitrogens with zero attached hydrogens (tertiary/aromatic N) is 1. The summed E-state index contributed by atoms with van der Waals surface area (Å²) in [4.78, 5) is 36.4. The molecule has 1 amide bonds. The average molecular weight is 319 g/mol. The normalized spacial score (nSPS) is 29.4. The van der Waals surface area contributed by atoms with Crippen LogP contribution in [0, 0.1) is 0 Å². The van der Waals surface area contributed by atoms with E-state index in [0.29, 0.717) is 0 Å². The van der Waals surface area contributed by atoms with E-state index < -0.39 is 35.8 Å². The minimum Gasteiger partial charge on any atom is -0.438 e. The van der Waals surface area contributed by atoms with Crippen molar-refractivity contribution >= 4 is 29.8 Å². The Morgan fingerprint density at radius 2 is 1.95 bits per heavy atom. The van der Waals surface area contributed by atoms with Gasteiger partial charge in [0.15, 0.2) is 6.10 Å². The maximum atomic E-state index is 12.2. The minimum absolute atomic E-state index is 0.198. The van der Waals surface area contributed by atoms with E-state index in [4.69, 9.17) is 9.47 Å². The Morgan fingerprint density at radius 1 is 1.29 bits per heavy atom. The molecule has 0 radical (unpaired) electrons. The second-order valence-corrected chi connectivity index (χ2v) is 6.87. The summed E-state index contributed by atoms with van der Waals surface area (Å²) in [7, 11) is 2.61. The van der Waals surface area contributed by atoms with Crippen molar-refractivity contribution in [2.24, 2.45) is 0 Å². The van der Waals surface area contributed by atoms with Crippen molar-refractivity contribution in [3.8, 4) is 0 Å². The largest absolute Gasteiger partial charge is 0.510 e. The van der Waals surface area contributed by atoms with Gasteiger partial charge in [0.1, 0.15) is 11.4 Å². The van der Waals surface area contributed by atoms with Crippen LogP contribution in [0.25, 0.3) is 0 Å². The molecule has 0 N–H and O–H groups in total. The van der Waals surface area contributed by atoms with E-state index >= 15 is 0 Å². The van der Waals surface area contributed by atoms with E-state index in [9.17, 15) is 14.4 Å². The Morgan fingerprint density at radius 3 is 2.52 bits per heavy atom. The number of β-lactam (4-membered cyclic amide) rings is 1. The molecule has 0 aromatic rings. The monoisotopic (exact) mass is 319 g/mol. The predicted molar refractivity (Wildman–Crippen MR) is 71.3 cm³/mol. The maximum Gasteiger partial charge on any atom is 0.510 e. The molecule has 2 aliphatic rings. The molecule has 2 rings (SSSR count). The summed E-state index contributed by atoms with van der Waals surface area (Å²) >= 11 is 1.48. The van der Waals surface area contributed by atoms with Gasteiger partial charge >= 0.3 is 12.1 Å². The van der Waals surface area contributed by atoms with Gasteiger partial charge in [0.25, 0.3) is 5.91 Å². The third-order valence-electron chi connectivity index (χ3n) is 3.41. The molecule has 2 heterocycles. The molecule has 2 saturated heterocycles. The zero-order valence-electron chi connectivity index (χ0n) is 12.2. The number of ether oxygens (including phenoxy) is 4. The van der Waals surface area contributed by atoms with Crippen LogP contribution in [0.5, 0.6) is 0 Å². The van der Waals surface area contributed by atoms with Gasteiger partial charge in [0.05, 0.1) is 7.11 Å². The van der Waals surface area contributed by atoms with Crippen LogP contribution in [0.1, 0.15) is 13.8 Å². The fraction of sp³-hybridized carbons (Fsp3) is 0.750. The molecule has 0 unspecified atom stereocenters. The minimum atomic E-state index is -0.944. The van der Waals surface area contributed by atoms with E-state index in [1.54, 1.807) is 0 Å². The van der Waals surface area contributed by atoms with Crippen molar-refractivity contribution in [1.29, 1.82) is 0 Å². The lowest BCUT2D eigenvalue weighted by atomic mass is 9.97. The summed E-state index contributed by atoms with van der Waals surface area (Å²) in [6.07, 6.45) is -1.47. The van der Waals surface area contributed by atoms with Crippen molar-refractivity contribution in [1.82, 2.24) is 4.90 Å².